The van der Waals surface area contributed by atoms with E-state index in [4.69, 9.17) is 9.47 Å². The van der Waals surface area contributed by atoms with Gasteiger partial charge in [-0.05, 0) is 60.4 Å². The van der Waals surface area contributed by atoms with Gasteiger partial charge in [-0.2, -0.15) is 0 Å². The molecular formula is C27H34N2O2. The fourth-order valence-electron chi connectivity index (χ4n) is 4.08. The van der Waals surface area contributed by atoms with Crippen LogP contribution in [0.4, 0.5) is 0 Å². The van der Waals surface area contributed by atoms with Crippen molar-refractivity contribution in [2.75, 3.05) is 13.2 Å². The summed E-state index contributed by atoms with van der Waals surface area (Å²) in [6.07, 6.45) is 12.1. The summed E-state index contributed by atoms with van der Waals surface area (Å²) in [4.78, 5) is 6.83. The molecule has 0 unspecified atom stereocenters. The number of benzene rings is 2. The molecule has 0 aliphatic carbocycles. The highest BCUT2D eigenvalue weighted by Crippen LogP contribution is 2.30. The highest BCUT2D eigenvalue weighted by atomic mass is 16.5. The summed E-state index contributed by atoms with van der Waals surface area (Å²) in [5.41, 5.74) is 4.86. The van der Waals surface area contributed by atoms with Crippen molar-refractivity contribution in [2.45, 2.75) is 58.8 Å². The van der Waals surface area contributed by atoms with Crippen molar-refractivity contribution >= 4 is 21.8 Å². The lowest BCUT2D eigenvalue weighted by atomic mass is 10.0. The van der Waals surface area contributed by atoms with Crippen LogP contribution >= 0.6 is 0 Å². The molecule has 0 aliphatic heterocycles. The Labute approximate surface area is 185 Å². The first-order chi connectivity index (χ1) is 15.3. The monoisotopic (exact) mass is 418 g/mol. The van der Waals surface area contributed by atoms with Crippen molar-refractivity contribution in [3.8, 4) is 11.5 Å². The zero-order chi connectivity index (χ0) is 21.5. The van der Waals surface area contributed by atoms with Crippen molar-refractivity contribution < 1.29 is 9.47 Å². The SMILES string of the molecule is CCCCCOc1ccc2[nH]cc(Cc3c[nH]c4ccc(OCCCCC)cc34)c2c1. The molecule has 4 rings (SSSR count). The van der Waals surface area contributed by atoms with Gasteiger partial charge in [0.15, 0.2) is 0 Å². The van der Waals surface area contributed by atoms with Gasteiger partial charge in [0.05, 0.1) is 13.2 Å². The first kappa shape index (κ1) is 21.4. The zero-order valence-electron chi connectivity index (χ0n) is 18.8. The van der Waals surface area contributed by atoms with Gasteiger partial charge in [-0.1, -0.05) is 39.5 Å². The zero-order valence-corrected chi connectivity index (χ0v) is 18.8. The number of aromatic nitrogens is 2. The molecule has 4 aromatic rings. The van der Waals surface area contributed by atoms with Crippen LogP contribution in [0.1, 0.15) is 63.5 Å². The molecule has 0 atom stereocenters. The Kier molecular flexibility index (Phi) is 7.18. The molecular weight excluding hydrogens is 384 g/mol. The van der Waals surface area contributed by atoms with Gasteiger partial charge in [0.2, 0.25) is 0 Å². The molecule has 4 nitrogen and oxygen atoms in total. The van der Waals surface area contributed by atoms with Gasteiger partial charge in [-0.25, -0.2) is 0 Å². The van der Waals surface area contributed by atoms with Crippen LogP contribution < -0.4 is 9.47 Å². The van der Waals surface area contributed by atoms with Gasteiger partial charge in [-0.15, -0.1) is 0 Å². The Morgan fingerprint density at radius 1 is 0.645 bits per heavy atom. The molecule has 0 saturated carbocycles. The lowest BCUT2D eigenvalue weighted by Gasteiger charge is -2.07. The number of ether oxygens (including phenoxy) is 2. The lowest BCUT2D eigenvalue weighted by Crippen LogP contribution is -1.97. The van der Waals surface area contributed by atoms with Gasteiger partial charge >= 0.3 is 0 Å². The Bertz CT molecular complexity index is 1020. The van der Waals surface area contributed by atoms with Crippen LogP contribution in [0.5, 0.6) is 11.5 Å². The molecule has 0 aliphatic rings. The topological polar surface area (TPSA) is 50.0 Å². The van der Waals surface area contributed by atoms with E-state index in [1.807, 2.05) is 0 Å². The van der Waals surface area contributed by atoms with Crippen molar-refractivity contribution in [2.24, 2.45) is 0 Å². The number of aromatic amines is 2. The minimum absolute atomic E-state index is 0.780. The summed E-state index contributed by atoms with van der Waals surface area (Å²) < 4.78 is 12.0. The molecule has 4 heteroatoms. The van der Waals surface area contributed by atoms with Crippen LogP contribution in [0.3, 0.4) is 0 Å². The lowest BCUT2D eigenvalue weighted by molar-refractivity contribution is 0.306. The average molecular weight is 419 g/mol. The number of hydrogen-bond donors (Lipinski definition) is 2. The van der Waals surface area contributed by atoms with E-state index < -0.39 is 0 Å². The maximum absolute atomic E-state index is 5.98. The third kappa shape index (κ3) is 5.25. The van der Waals surface area contributed by atoms with E-state index in [-0.39, 0.29) is 0 Å². The van der Waals surface area contributed by atoms with Crippen molar-refractivity contribution in [1.82, 2.24) is 9.97 Å². The molecule has 0 spiro atoms. The maximum Gasteiger partial charge on any atom is 0.120 e. The van der Waals surface area contributed by atoms with E-state index in [0.29, 0.717) is 0 Å². The smallest absolute Gasteiger partial charge is 0.120 e. The number of H-pyrrole nitrogens is 2. The normalized spacial score (nSPS) is 11.4. The van der Waals surface area contributed by atoms with E-state index >= 15 is 0 Å². The van der Waals surface area contributed by atoms with Crippen LogP contribution in [-0.2, 0) is 6.42 Å². The van der Waals surface area contributed by atoms with Crippen LogP contribution in [0.25, 0.3) is 21.8 Å². The Morgan fingerprint density at radius 2 is 1.13 bits per heavy atom. The Morgan fingerprint density at radius 3 is 1.58 bits per heavy atom. The van der Waals surface area contributed by atoms with Crippen LogP contribution in [0.2, 0.25) is 0 Å². The minimum atomic E-state index is 0.780. The molecule has 2 aromatic carbocycles. The highest BCUT2D eigenvalue weighted by molar-refractivity contribution is 5.88. The average Bonchev–Trinajstić information content (AvgIpc) is 3.38. The van der Waals surface area contributed by atoms with Gasteiger partial charge in [0, 0.05) is 40.6 Å². The van der Waals surface area contributed by atoms with Gasteiger partial charge in [0.1, 0.15) is 11.5 Å². The van der Waals surface area contributed by atoms with Gasteiger partial charge < -0.3 is 19.4 Å². The first-order valence-corrected chi connectivity index (χ1v) is 11.7. The van der Waals surface area contributed by atoms with Crippen molar-refractivity contribution in [1.29, 1.82) is 0 Å². The molecule has 2 heterocycles. The van der Waals surface area contributed by atoms with E-state index in [9.17, 15) is 0 Å². The van der Waals surface area contributed by atoms with E-state index in [0.717, 1.165) is 55.0 Å². The molecule has 164 valence electrons. The summed E-state index contributed by atoms with van der Waals surface area (Å²) in [6.45, 7) is 5.99. The first-order valence-electron chi connectivity index (χ1n) is 11.7. The van der Waals surface area contributed by atoms with Crippen molar-refractivity contribution in [3.63, 3.8) is 0 Å². The standard InChI is InChI=1S/C27H34N2O2/c1-3-5-7-13-30-22-9-11-26-24(16-22)20(18-28-26)15-21-19-29-27-12-10-23(17-25(21)27)31-14-8-6-4-2/h9-12,16-19,28-29H,3-8,13-15H2,1-2H3. The fraction of sp³-hybridized carbons (Fsp3) is 0.407. The van der Waals surface area contributed by atoms with Crippen LogP contribution in [0.15, 0.2) is 48.8 Å². The molecule has 2 aromatic heterocycles. The third-order valence-corrected chi connectivity index (χ3v) is 5.89. The molecule has 31 heavy (non-hydrogen) atoms. The second kappa shape index (κ2) is 10.4. The summed E-state index contributed by atoms with van der Waals surface area (Å²) in [5, 5.41) is 2.46. The third-order valence-electron chi connectivity index (χ3n) is 5.89. The predicted molar refractivity (Wildman–Crippen MR) is 129 cm³/mol. The van der Waals surface area contributed by atoms with Crippen molar-refractivity contribution in [3.05, 3.63) is 59.9 Å². The highest BCUT2D eigenvalue weighted by Gasteiger charge is 2.11. The number of hydrogen-bond acceptors (Lipinski definition) is 2. The molecule has 0 saturated heterocycles. The number of nitrogens with one attached hydrogen (secondary N) is 2. The van der Waals surface area contributed by atoms with E-state index in [2.05, 4.69) is 72.6 Å². The number of fused-ring (bicyclic) bond motifs is 2. The minimum Gasteiger partial charge on any atom is -0.494 e. The van der Waals surface area contributed by atoms with Crippen LogP contribution in [0, 0.1) is 0 Å². The fourth-order valence-corrected chi connectivity index (χ4v) is 4.08. The van der Waals surface area contributed by atoms with Gasteiger partial charge in [0.25, 0.3) is 0 Å². The maximum atomic E-state index is 5.98. The van der Waals surface area contributed by atoms with E-state index in [1.54, 1.807) is 0 Å². The summed E-state index contributed by atoms with van der Waals surface area (Å²) in [7, 11) is 0. The van der Waals surface area contributed by atoms with Crippen LogP contribution in [-0.4, -0.2) is 23.2 Å². The summed E-state index contributed by atoms with van der Waals surface area (Å²) in [5.74, 6) is 1.90. The largest absolute Gasteiger partial charge is 0.494 e. The molecule has 0 fully saturated rings. The second-order valence-electron chi connectivity index (χ2n) is 8.33. The Hall–Kier alpha value is -2.88. The van der Waals surface area contributed by atoms with E-state index in [1.165, 1.54) is 47.6 Å². The molecule has 0 bridgehead atoms. The molecule has 0 amide bonds. The predicted octanol–water partition coefficient (Wildman–Crippen LogP) is 7.38. The van der Waals surface area contributed by atoms with Gasteiger partial charge in [-0.3, -0.25) is 0 Å². The number of unbranched alkanes of at least 4 members (excludes halogenated alkanes) is 4. The Balaban J connectivity index is 1.51. The molecule has 0 radical (unpaired) electrons. The second-order valence-corrected chi connectivity index (χ2v) is 8.33. The molecule has 2 N–H and O–H groups in total. The number of rotatable bonds is 12. The summed E-state index contributed by atoms with van der Waals surface area (Å²) >= 11 is 0. The summed E-state index contributed by atoms with van der Waals surface area (Å²) in [6, 6.07) is 12.7. The quantitative estimate of drug-likeness (QED) is 0.236.